The number of rotatable bonds is 9. The van der Waals surface area contributed by atoms with E-state index >= 15 is 0 Å². The highest BCUT2D eigenvalue weighted by atomic mass is 35.5. The molecule has 11 heteroatoms. The van der Waals surface area contributed by atoms with E-state index in [0.29, 0.717) is 24.4 Å². The van der Waals surface area contributed by atoms with Crippen LogP contribution >= 0.6 is 11.6 Å². The second kappa shape index (κ2) is 12.8. The lowest BCUT2D eigenvalue weighted by Gasteiger charge is -2.37. The van der Waals surface area contributed by atoms with Crippen LogP contribution in [0, 0.1) is 5.92 Å². The molecule has 0 radical (unpaired) electrons. The van der Waals surface area contributed by atoms with Gasteiger partial charge in [-0.2, -0.15) is 5.10 Å². The van der Waals surface area contributed by atoms with E-state index in [1.807, 2.05) is 18.2 Å². The maximum Gasteiger partial charge on any atom is 0.341 e. The average molecular weight is 616 g/mol. The number of halogens is 4. The number of piperazine rings is 1. The van der Waals surface area contributed by atoms with Gasteiger partial charge in [0, 0.05) is 73.7 Å². The number of hydrogen-bond donors (Lipinski definition) is 0. The number of aromatic nitrogens is 2. The number of carbonyl (C=O) groups excluding carboxylic acids is 1. The Morgan fingerprint density at radius 3 is 2.49 bits per heavy atom. The van der Waals surface area contributed by atoms with Crippen molar-refractivity contribution in [1.82, 2.24) is 14.7 Å². The second-order valence-electron chi connectivity index (χ2n) is 11.7. The van der Waals surface area contributed by atoms with Crippen molar-refractivity contribution in [2.24, 2.45) is 5.92 Å². The van der Waals surface area contributed by atoms with Crippen molar-refractivity contribution in [3.05, 3.63) is 64.9 Å². The molecule has 1 aliphatic carbocycles. The summed E-state index contributed by atoms with van der Waals surface area (Å²) in [6.07, 6.45) is -0.135. The molecule has 2 aliphatic heterocycles. The van der Waals surface area contributed by atoms with Crippen molar-refractivity contribution in [2.75, 3.05) is 62.2 Å². The third-order valence-corrected chi connectivity index (χ3v) is 9.06. The molecule has 230 valence electrons. The number of piperidine rings is 1. The Kier molecular flexibility index (Phi) is 8.86. The van der Waals surface area contributed by atoms with Crippen LogP contribution in [0.3, 0.4) is 0 Å². The van der Waals surface area contributed by atoms with Gasteiger partial charge >= 0.3 is 5.97 Å². The van der Waals surface area contributed by atoms with Gasteiger partial charge in [0.2, 0.25) is 0 Å². The van der Waals surface area contributed by atoms with Gasteiger partial charge in [0.05, 0.1) is 18.8 Å². The molecule has 3 fully saturated rings. The first-order chi connectivity index (χ1) is 20.8. The van der Waals surface area contributed by atoms with E-state index in [1.54, 1.807) is 6.92 Å². The minimum Gasteiger partial charge on any atom is -0.462 e. The summed E-state index contributed by atoms with van der Waals surface area (Å²) in [6, 6.07) is 13.9. The summed E-state index contributed by atoms with van der Waals surface area (Å²) < 4.78 is 48.0. The molecule has 3 aromatic rings. The molecule has 3 atom stereocenters. The third-order valence-electron chi connectivity index (χ3n) is 8.82. The maximum atomic E-state index is 14.2. The highest BCUT2D eigenvalue weighted by molar-refractivity contribution is 6.31. The molecule has 1 aromatic heterocycles. The van der Waals surface area contributed by atoms with Gasteiger partial charge in [-0.1, -0.05) is 29.8 Å². The maximum absolute atomic E-state index is 14.2. The molecule has 0 bridgehead atoms. The van der Waals surface area contributed by atoms with Crippen molar-refractivity contribution < 1.29 is 22.7 Å². The van der Waals surface area contributed by atoms with Gasteiger partial charge in [-0.15, -0.1) is 0 Å². The van der Waals surface area contributed by atoms with E-state index in [-0.39, 0.29) is 24.1 Å². The lowest BCUT2D eigenvalue weighted by atomic mass is 9.99. The molecule has 2 saturated heterocycles. The Labute approximate surface area is 255 Å². The van der Waals surface area contributed by atoms with Crippen LogP contribution in [0.25, 0.3) is 11.1 Å². The number of hydrogen-bond acceptors (Lipinski definition) is 6. The topological polar surface area (TPSA) is 53.8 Å². The van der Waals surface area contributed by atoms with Crippen molar-refractivity contribution in [1.29, 1.82) is 0 Å². The predicted molar refractivity (Wildman–Crippen MR) is 162 cm³/mol. The lowest BCUT2D eigenvalue weighted by Crippen LogP contribution is -2.47. The number of benzene rings is 2. The SMILES string of the molecule is CCOC(=O)c1cnn(C2CCCN(c3cc(Cl)ccc3-c3ccc(N4CCN(C[C@H]5C[C@@H]5F)CC4)cc3)C2)c1C(F)F. The molecule has 7 nitrogen and oxygen atoms in total. The molecular weight excluding hydrogens is 579 g/mol. The highest BCUT2D eigenvalue weighted by Crippen LogP contribution is 2.39. The number of anilines is 2. The fourth-order valence-electron chi connectivity index (χ4n) is 6.40. The number of esters is 1. The molecule has 1 unspecified atom stereocenters. The molecule has 43 heavy (non-hydrogen) atoms. The second-order valence-corrected chi connectivity index (χ2v) is 12.1. The van der Waals surface area contributed by atoms with Gasteiger partial charge < -0.3 is 14.5 Å². The van der Waals surface area contributed by atoms with Crippen molar-refractivity contribution >= 4 is 28.9 Å². The molecule has 6 rings (SSSR count). The number of nitrogens with zero attached hydrogens (tertiary/aromatic N) is 5. The van der Waals surface area contributed by atoms with E-state index in [2.05, 4.69) is 44.1 Å². The fourth-order valence-corrected chi connectivity index (χ4v) is 6.57. The van der Waals surface area contributed by atoms with Crippen LogP contribution < -0.4 is 9.80 Å². The predicted octanol–water partition coefficient (Wildman–Crippen LogP) is 6.64. The van der Waals surface area contributed by atoms with Gasteiger partial charge in [-0.3, -0.25) is 9.58 Å². The smallest absolute Gasteiger partial charge is 0.341 e. The highest BCUT2D eigenvalue weighted by Gasteiger charge is 2.39. The van der Waals surface area contributed by atoms with Crippen LogP contribution in [0.5, 0.6) is 0 Å². The monoisotopic (exact) mass is 615 g/mol. The van der Waals surface area contributed by atoms with E-state index in [9.17, 15) is 18.0 Å². The quantitative estimate of drug-likeness (QED) is 0.252. The number of carbonyl (C=O) groups is 1. The summed E-state index contributed by atoms with van der Waals surface area (Å²) in [6.45, 7) is 7.49. The largest absolute Gasteiger partial charge is 0.462 e. The Bertz CT molecular complexity index is 1430. The van der Waals surface area contributed by atoms with Crippen LogP contribution in [-0.2, 0) is 4.74 Å². The summed E-state index contributed by atoms with van der Waals surface area (Å²) in [7, 11) is 0. The van der Waals surface area contributed by atoms with Gasteiger partial charge in [0.15, 0.2) is 0 Å². The molecule has 1 saturated carbocycles. The normalized spacial score (nSPS) is 22.7. The van der Waals surface area contributed by atoms with Crippen molar-refractivity contribution in [3.63, 3.8) is 0 Å². The molecule has 3 aliphatic rings. The zero-order valence-electron chi connectivity index (χ0n) is 24.3. The van der Waals surface area contributed by atoms with Crippen LogP contribution in [0.4, 0.5) is 24.5 Å². The molecule has 2 aromatic carbocycles. The van der Waals surface area contributed by atoms with E-state index in [1.165, 1.54) is 10.9 Å². The van der Waals surface area contributed by atoms with Crippen LogP contribution in [0.15, 0.2) is 48.7 Å². The minimum absolute atomic E-state index is 0.0986. The fraction of sp³-hybridized carbons (Fsp3) is 0.500. The first kappa shape index (κ1) is 29.8. The summed E-state index contributed by atoms with van der Waals surface area (Å²) in [5.74, 6) is -0.560. The Balaban J connectivity index is 1.19. The molecule has 0 amide bonds. The Hall–Kier alpha value is -3.24. The van der Waals surface area contributed by atoms with Crippen LogP contribution in [-0.4, -0.2) is 79.2 Å². The van der Waals surface area contributed by atoms with E-state index < -0.39 is 24.3 Å². The van der Waals surface area contributed by atoms with Gasteiger partial charge in [-0.25, -0.2) is 18.0 Å². The zero-order valence-corrected chi connectivity index (χ0v) is 25.0. The third kappa shape index (κ3) is 6.50. The molecular formula is C32H37ClF3N5O2. The summed E-state index contributed by atoms with van der Waals surface area (Å²) >= 11 is 6.47. The van der Waals surface area contributed by atoms with Gasteiger partial charge in [0.1, 0.15) is 17.4 Å². The minimum atomic E-state index is -2.86. The van der Waals surface area contributed by atoms with E-state index in [0.717, 1.165) is 68.2 Å². The van der Waals surface area contributed by atoms with Crippen molar-refractivity contribution in [3.8, 4) is 11.1 Å². The molecule has 0 spiro atoms. The van der Waals surface area contributed by atoms with E-state index in [4.69, 9.17) is 16.3 Å². The molecule has 0 N–H and O–H groups in total. The first-order valence-electron chi connectivity index (χ1n) is 15.1. The van der Waals surface area contributed by atoms with Crippen LogP contribution in [0.2, 0.25) is 5.02 Å². The Morgan fingerprint density at radius 1 is 1.07 bits per heavy atom. The van der Waals surface area contributed by atoms with Gasteiger partial charge in [-0.05, 0) is 56.0 Å². The summed E-state index contributed by atoms with van der Waals surface area (Å²) in [4.78, 5) is 19.2. The Morgan fingerprint density at radius 2 is 1.81 bits per heavy atom. The zero-order chi connectivity index (χ0) is 30.1. The summed E-state index contributed by atoms with van der Waals surface area (Å²) in [5.41, 5.74) is 3.55. The number of alkyl halides is 3. The number of ether oxygens (including phenoxy) is 1. The van der Waals surface area contributed by atoms with Gasteiger partial charge in [0.25, 0.3) is 6.43 Å². The summed E-state index contributed by atoms with van der Waals surface area (Å²) in [5, 5.41) is 4.82. The lowest BCUT2D eigenvalue weighted by molar-refractivity contribution is 0.0512. The first-order valence-corrected chi connectivity index (χ1v) is 15.5. The van der Waals surface area contributed by atoms with Crippen LogP contribution in [0.1, 0.15) is 54.7 Å². The standard InChI is InChI=1S/C32H37ClF3N5O2/c1-2-43-32(42)27-18-37-41(30(27)31(35)36)25-4-3-11-40(20-25)29-17-23(33)7-10-26(29)21-5-8-24(9-6-21)39-14-12-38(13-15-39)19-22-16-28(22)34/h5-10,17-18,22,25,28,31H,2-4,11-16,19-20H2,1H3/t22-,25?,28+/m1/s1. The van der Waals surface area contributed by atoms with Crippen molar-refractivity contribution in [2.45, 2.75) is 44.8 Å². The average Bonchev–Trinajstić information content (AvgIpc) is 3.51. The molecule has 3 heterocycles.